The molecule has 1 aliphatic heterocycles. The number of ether oxygens (including phenoxy) is 1. The van der Waals surface area contributed by atoms with Crippen molar-refractivity contribution < 1.29 is 14.3 Å². The van der Waals surface area contributed by atoms with Gasteiger partial charge in [0.05, 0.1) is 18.2 Å². The Morgan fingerprint density at radius 2 is 2.08 bits per heavy atom. The van der Waals surface area contributed by atoms with E-state index in [1.54, 1.807) is 5.38 Å². The number of nitrogens with zero attached hydrogens (tertiary/aromatic N) is 1. The molecular formula is C16H24N4O3S. The van der Waals surface area contributed by atoms with E-state index in [9.17, 15) is 9.59 Å². The summed E-state index contributed by atoms with van der Waals surface area (Å²) in [6, 6.07) is 0.0543. The largest absolute Gasteiger partial charge is 0.376 e. The maximum Gasteiger partial charge on any atom is 0.321 e. The van der Waals surface area contributed by atoms with Crippen LogP contribution >= 0.6 is 11.3 Å². The molecule has 8 heteroatoms. The minimum atomic E-state index is -0.217. The van der Waals surface area contributed by atoms with Gasteiger partial charge in [-0.2, -0.15) is 0 Å². The molecule has 132 valence electrons. The molecule has 0 bridgehead atoms. The van der Waals surface area contributed by atoms with E-state index >= 15 is 0 Å². The van der Waals surface area contributed by atoms with Crippen molar-refractivity contribution in [2.45, 2.75) is 57.1 Å². The van der Waals surface area contributed by atoms with Gasteiger partial charge in [0.25, 0.3) is 0 Å². The molecule has 2 fully saturated rings. The third-order valence-electron chi connectivity index (χ3n) is 4.36. The van der Waals surface area contributed by atoms with Crippen molar-refractivity contribution in [3.63, 3.8) is 0 Å². The van der Waals surface area contributed by atoms with E-state index in [4.69, 9.17) is 4.74 Å². The highest BCUT2D eigenvalue weighted by Gasteiger charge is 2.18. The summed E-state index contributed by atoms with van der Waals surface area (Å²) in [6.07, 6.45) is 6.85. The lowest BCUT2D eigenvalue weighted by Gasteiger charge is -2.11. The summed E-state index contributed by atoms with van der Waals surface area (Å²) >= 11 is 1.33. The molecule has 1 aromatic heterocycles. The number of urea groups is 1. The van der Waals surface area contributed by atoms with Gasteiger partial charge in [-0.15, -0.1) is 11.3 Å². The molecule has 3 amide bonds. The predicted octanol–water partition coefficient (Wildman–Crippen LogP) is 2.04. The summed E-state index contributed by atoms with van der Waals surface area (Å²) in [5.74, 6) is -0.0715. The molecule has 1 unspecified atom stereocenters. The fourth-order valence-corrected chi connectivity index (χ4v) is 3.80. The number of thiazole rings is 1. The first-order valence-electron chi connectivity index (χ1n) is 8.59. The average molecular weight is 352 g/mol. The summed E-state index contributed by atoms with van der Waals surface area (Å²) in [5, 5.41) is 10.9. The first-order valence-corrected chi connectivity index (χ1v) is 9.47. The maximum atomic E-state index is 11.9. The van der Waals surface area contributed by atoms with E-state index in [1.165, 1.54) is 24.2 Å². The van der Waals surface area contributed by atoms with Crippen LogP contribution in [0.15, 0.2) is 5.38 Å². The molecule has 24 heavy (non-hydrogen) atoms. The van der Waals surface area contributed by atoms with E-state index in [0.29, 0.717) is 17.4 Å². The van der Waals surface area contributed by atoms with E-state index in [-0.39, 0.29) is 30.5 Å². The van der Waals surface area contributed by atoms with Crippen molar-refractivity contribution in [2.75, 3.05) is 18.5 Å². The summed E-state index contributed by atoms with van der Waals surface area (Å²) < 4.78 is 5.47. The lowest BCUT2D eigenvalue weighted by atomic mass is 10.2. The summed E-state index contributed by atoms with van der Waals surface area (Å²) in [6.45, 7) is 1.34. The number of carbonyl (C=O) groups is 2. The number of amides is 3. The highest BCUT2D eigenvalue weighted by Crippen LogP contribution is 2.19. The number of hydrogen-bond donors (Lipinski definition) is 3. The predicted molar refractivity (Wildman–Crippen MR) is 92.2 cm³/mol. The molecule has 1 aromatic rings. The third-order valence-corrected chi connectivity index (χ3v) is 5.16. The standard InChI is InChI=1S/C16H24N4O3S/c21-14(17-9-13-6-3-7-23-13)8-12-10-24-16(19-12)20-15(22)18-11-4-1-2-5-11/h10-11,13H,1-9H2,(H,17,21)(H2,18,19,20,22). The molecule has 1 atom stereocenters. The Kier molecular flexibility index (Phi) is 6.03. The van der Waals surface area contributed by atoms with Gasteiger partial charge >= 0.3 is 6.03 Å². The highest BCUT2D eigenvalue weighted by atomic mass is 32.1. The molecule has 2 heterocycles. The number of aromatic nitrogens is 1. The second-order valence-electron chi connectivity index (χ2n) is 6.34. The Bertz CT molecular complexity index is 565. The van der Waals surface area contributed by atoms with Crippen LogP contribution in [0.2, 0.25) is 0 Å². The van der Waals surface area contributed by atoms with Gasteiger partial charge in [-0.3, -0.25) is 10.1 Å². The molecule has 1 aliphatic carbocycles. The van der Waals surface area contributed by atoms with Crippen molar-refractivity contribution >= 4 is 28.4 Å². The van der Waals surface area contributed by atoms with Crippen molar-refractivity contribution in [2.24, 2.45) is 0 Å². The van der Waals surface area contributed by atoms with Crippen molar-refractivity contribution in [3.8, 4) is 0 Å². The van der Waals surface area contributed by atoms with Gasteiger partial charge in [0.2, 0.25) is 5.91 Å². The zero-order valence-electron chi connectivity index (χ0n) is 13.7. The van der Waals surface area contributed by atoms with Crippen molar-refractivity contribution in [1.82, 2.24) is 15.6 Å². The van der Waals surface area contributed by atoms with Crippen LogP contribution in [0.4, 0.5) is 9.93 Å². The Morgan fingerprint density at radius 1 is 1.25 bits per heavy atom. The fraction of sp³-hybridized carbons (Fsp3) is 0.688. The zero-order chi connectivity index (χ0) is 16.8. The molecule has 3 N–H and O–H groups in total. The fourth-order valence-electron chi connectivity index (χ4n) is 3.09. The lowest BCUT2D eigenvalue weighted by molar-refractivity contribution is -0.121. The number of anilines is 1. The minimum Gasteiger partial charge on any atom is -0.376 e. The van der Waals surface area contributed by atoms with E-state index in [1.807, 2.05) is 0 Å². The second kappa shape index (κ2) is 8.43. The van der Waals surface area contributed by atoms with Crippen molar-refractivity contribution in [1.29, 1.82) is 0 Å². The summed E-state index contributed by atoms with van der Waals surface area (Å²) in [7, 11) is 0. The Labute approximate surface area is 145 Å². The number of carbonyl (C=O) groups excluding carboxylic acids is 2. The monoisotopic (exact) mass is 352 g/mol. The molecule has 1 saturated carbocycles. The zero-order valence-corrected chi connectivity index (χ0v) is 14.5. The van der Waals surface area contributed by atoms with Gasteiger partial charge in [0.15, 0.2) is 5.13 Å². The number of rotatable bonds is 6. The molecule has 1 saturated heterocycles. The Hall–Kier alpha value is -1.67. The van der Waals surface area contributed by atoms with Crippen LogP contribution in [-0.4, -0.2) is 42.2 Å². The van der Waals surface area contributed by atoms with Crippen LogP contribution in [0.3, 0.4) is 0 Å². The second-order valence-corrected chi connectivity index (χ2v) is 7.20. The quantitative estimate of drug-likeness (QED) is 0.730. The molecule has 7 nitrogen and oxygen atoms in total. The van der Waals surface area contributed by atoms with Crippen molar-refractivity contribution in [3.05, 3.63) is 11.1 Å². The number of nitrogens with one attached hydrogen (secondary N) is 3. The molecule has 3 rings (SSSR count). The molecule has 0 aromatic carbocycles. The van der Waals surface area contributed by atoms with Crippen LogP contribution in [0.25, 0.3) is 0 Å². The van der Waals surface area contributed by atoms with Crippen LogP contribution in [0.5, 0.6) is 0 Å². The van der Waals surface area contributed by atoms with Gasteiger partial charge in [0.1, 0.15) is 0 Å². The van der Waals surface area contributed by atoms with Crippen LogP contribution in [0, 0.1) is 0 Å². The van der Waals surface area contributed by atoms with Gasteiger partial charge in [-0.25, -0.2) is 9.78 Å². The minimum absolute atomic E-state index is 0.0715. The smallest absolute Gasteiger partial charge is 0.321 e. The highest BCUT2D eigenvalue weighted by molar-refractivity contribution is 7.13. The van der Waals surface area contributed by atoms with Crippen LogP contribution in [0.1, 0.15) is 44.2 Å². The summed E-state index contributed by atoms with van der Waals surface area (Å²) in [4.78, 5) is 28.1. The molecular weight excluding hydrogens is 328 g/mol. The lowest BCUT2D eigenvalue weighted by Crippen LogP contribution is -2.36. The first kappa shape index (κ1) is 17.2. The van der Waals surface area contributed by atoms with Gasteiger partial charge < -0.3 is 15.4 Å². The Balaban J connectivity index is 1.39. The maximum absolute atomic E-state index is 11.9. The van der Waals surface area contributed by atoms with Gasteiger partial charge in [-0.1, -0.05) is 12.8 Å². The third kappa shape index (κ3) is 5.17. The molecule has 0 spiro atoms. The molecule has 2 aliphatic rings. The summed E-state index contributed by atoms with van der Waals surface area (Å²) in [5.41, 5.74) is 0.668. The van der Waals surface area contributed by atoms with E-state index in [2.05, 4.69) is 20.9 Å². The topological polar surface area (TPSA) is 92.4 Å². The SMILES string of the molecule is O=C(Cc1csc(NC(=O)NC2CCCC2)n1)NCC1CCCO1. The normalized spacial score (nSPS) is 20.9. The van der Waals surface area contributed by atoms with Crippen LogP contribution < -0.4 is 16.0 Å². The van der Waals surface area contributed by atoms with E-state index in [0.717, 1.165) is 32.3 Å². The Morgan fingerprint density at radius 3 is 2.83 bits per heavy atom. The number of hydrogen-bond acceptors (Lipinski definition) is 5. The van der Waals surface area contributed by atoms with Gasteiger partial charge in [0, 0.05) is 24.6 Å². The molecule has 0 radical (unpaired) electrons. The average Bonchev–Trinajstić information content (AvgIpc) is 3.28. The van der Waals surface area contributed by atoms with Gasteiger partial charge in [-0.05, 0) is 25.7 Å². The van der Waals surface area contributed by atoms with Crippen LogP contribution in [-0.2, 0) is 16.0 Å². The first-order chi connectivity index (χ1) is 11.7. The van der Waals surface area contributed by atoms with E-state index < -0.39 is 0 Å².